The van der Waals surface area contributed by atoms with Gasteiger partial charge in [0.05, 0.1) is 5.92 Å². The van der Waals surface area contributed by atoms with Gasteiger partial charge in [0.25, 0.3) is 0 Å². The van der Waals surface area contributed by atoms with Crippen LogP contribution in [0.3, 0.4) is 0 Å². The van der Waals surface area contributed by atoms with Crippen molar-refractivity contribution in [1.82, 2.24) is 10.2 Å². The van der Waals surface area contributed by atoms with Crippen molar-refractivity contribution in [3.05, 3.63) is 65.5 Å². The molecule has 2 aromatic rings. The lowest BCUT2D eigenvalue weighted by Crippen LogP contribution is -2.45. The van der Waals surface area contributed by atoms with E-state index in [2.05, 4.69) is 5.32 Å². The van der Waals surface area contributed by atoms with Crippen LogP contribution < -0.4 is 10.2 Å². The van der Waals surface area contributed by atoms with Crippen molar-refractivity contribution < 1.29 is 18.8 Å². The summed E-state index contributed by atoms with van der Waals surface area (Å²) in [6.45, 7) is 3.44. The molecule has 3 amide bonds. The number of nitrogens with one attached hydrogen (secondary N) is 1. The maximum Gasteiger partial charge on any atom is 0.228 e. The Morgan fingerprint density at radius 1 is 1.06 bits per heavy atom. The van der Waals surface area contributed by atoms with Crippen LogP contribution in [0.5, 0.6) is 0 Å². The molecule has 0 radical (unpaired) electrons. The zero-order valence-corrected chi connectivity index (χ0v) is 18.2. The minimum Gasteiger partial charge on any atom is -0.352 e. The fourth-order valence-corrected chi connectivity index (χ4v) is 4.42. The number of aryl methyl sites for hydroxylation is 1. The van der Waals surface area contributed by atoms with Crippen LogP contribution >= 0.6 is 0 Å². The van der Waals surface area contributed by atoms with Crippen molar-refractivity contribution in [3.63, 3.8) is 0 Å². The van der Waals surface area contributed by atoms with E-state index >= 15 is 0 Å². The van der Waals surface area contributed by atoms with Gasteiger partial charge in [0.1, 0.15) is 5.82 Å². The normalized spacial score (nSPS) is 19.3. The van der Waals surface area contributed by atoms with E-state index in [0.29, 0.717) is 43.7 Å². The van der Waals surface area contributed by atoms with Gasteiger partial charge in [-0.15, -0.1) is 0 Å². The van der Waals surface area contributed by atoms with Gasteiger partial charge in [-0.1, -0.05) is 36.4 Å². The number of hydrogen-bond acceptors (Lipinski definition) is 3. The van der Waals surface area contributed by atoms with E-state index < -0.39 is 5.92 Å². The van der Waals surface area contributed by atoms with Gasteiger partial charge in [-0.3, -0.25) is 14.4 Å². The van der Waals surface area contributed by atoms with Gasteiger partial charge in [0.15, 0.2) is 0 Å². The molecule has 2 heterocycles. The smallest absolute Gasteiger partial charge is 0.228 e. The third-order valence-electron chi connectivity index (χ3n) is 6.43. The Bertz CT molecular complexity index is 1000. The van der Waals surface area contributed by atoms with Crippen molar-refractivity contribution >= 4 is 23.4 Å². The van der Waals surface area contributed by atoms with E-state index in [1.807, 2.05) is 30.3 Å². The van der Waals surface area contributed by atoms with Crippen molar-refractivity contribution in [2.75, 3.05) is 24.5 Å². The molecule has 1 atom stereocenters. The number of halogens is 1. The summed E-state index contributed by atoms with van der Waals surface area (Å²) in [4.78, 5) is 41.2. The van der Waals surface area contributed by atoms with Crippen LogP contribution in [0, 0.1) is 24.6 Å². The highest BCUT2D eigenvalue weighted by Crippen LogP contribution is 2.29. The molecule has 7 heteroatoms. The molecule has 2 aliphatic heterocycles. The zero-order valence-electron chi connectivity index (χ0n) is 18.2. The fourth-order valence-electron chi connectivity index (χ4n) is 4.42. The van der Waals surface area contributed by atoms with E-state index in [9.17, 15) is 18.8 Å². The Hall–Kier alpha value is -3.22. The summed E-state index contributed by atoms with van der Waals surface area (Å²) >= 11 is 0. The van der Waals surface area contributed by atoms with Crippen LogP contribution in [0.1, 0.15) is 30.4 Å². The molecule has 2 aromatic carbocycles. The first-order valence-corrected chi connectivity index (χ1v) is 11.1. The maximum atomic E-state index is 13.9. The van der Waals surface area contributed by atoms with E-state index in [1.165, 1.54) is 11.0 Å². The lowest BCUT2D eigenvalue weighted by Gasteiger charge is -2.33. The number of anilines is 1. The molecule has 0 saturated carbocycles. The first-order chi connectivity index (χ1) is 15.4. The van der Waals surface area contributed by atoms with Gasteiger partial charge in [0, 0.05) is 44.2 Å². The molecule has 0 aromatic heterocycles. The molecule has 1 N–H and O–H groups in total. The molecule has 0 aliphatic carbocycles. The number of nitrogens with zero attached hydrogens (tertiary/aromatic N) is 2. The molecule has 2 saturated heterocycles. The predicted molar refractivity (Wildman–Crippen MR) is 119 cm³/mol. The summed E-state index contributed by atoms with van der Waals surface area (Å²) in [7, 11) is 0. The van der Waals surface area contributed by atoms with Gasteiger partial charge in [-0.25, -0.2) is 4.39 Å². The Labute approximate surface area is 187 Å². The third-order valence-corrected chi connectivity index (χ3v) is 6.43. The Morgan fingerprint density at radius 2 is 1.78 bits per heavy atom. The monoisotopic (exact) mass is 437 g/mol. The van der Waals surface area contributed by atoms with Crippen LogP contribution in [0.25, 0.3) is 0 Å². The average Bonchev–Trinajstić information content (AvgIpc) is 3.21. The highest BCUT2D eigenvalue weighted by atomic mass is 19.1. The van der Waals surface area contributed by atoms with Gasteiger partial charge in [-0.2, -0.15) is 0 Å². The number of piperidine rings is 1. The summed E-state index contributed by atoms with van der Waals surface area (Å²) in [6, 6.07) is 14.5. The fraction of sp³-hybridized carbons (Fsp3) is 0.400. The first-order valence-electron chi connectivity index (χ1n) is 11.1. The van der Waals surface area contributed by atoms with Crippen LogP contribution in [0.2, 0.25) is 0 Å². The Morgan fingerprint density at radius 3 is 2.47 bits per heavy atom. The summed E-state index contributed by atoms with van der Waals surface area (Å²) in [5.74, 6) is -1.11. The van der Waals surface area contributed by atoms with Crippen LogP contribution in [-0.4, -0.2) is 42.3 Å². The van der Waals surface area contributed by atoms with Gasteiger partial charge in [-0.05, 0) is 43.0 Å². The van der Waals surface area contributed by atoms with Crippen molar-refractivity contribution in [3.8, 4) is 0 Å². The number of likely N-dealkylation sites (tertiary alicyclic amines) is 1. The third kappa shape index (κ3) is 4.82. The number of carbonyl (C=O) groups is 3. The largest absolute Gasteiger partial charge is 0.352 e. The molecule has 6 nitrogen and oxygen atoms in total. The highest BCUT2D eigenvalue weighted by molar-refractivity contribution is 6.00. The lowest BCUT2D eigenvalue weighted by molar-refractivity contribution is -0.139. The van der Waals surface area contributed by atoms with Crippen molar-refractivity contribution in [1.29, 1.82) is 0 Å². The van der Waals surface area contributed by atoms with Gasteiger partial charge < -0.3 is 15.1 Å². The number of hydrogen-bond donors (Lipinski definition) is 1. The molecule has 2 aliphatic rings. The van der Waals surface area contributed by atoms with Gasteiger partial charge >= 0.3 is 0 Å². The Balaban J connectivity index is 1.28. The minimum absolute atomic E-state index is 0.0181. The molecule has 168 valence electrons. The molecule has 32 heavy (non-hydrogen) atoms. The van der Waals surface area contributed by atoms with E-state index in [4.69, 9.17) is 0 Å². The van der Waals surface area contributed by atoms with Gasteiger partial charge in [0.2, 0.25) is 17.7 Å². The molecule has 0 unspecified atom stereocenters. The number of amides is 3. The van der Waals surface area contributed by atoms with Crippen molar-refractivity contribution in [2.45, 2.75) is 32.7 Å². The standard InChI is InChI=1S/C25H28FN3O3/c1-17-7-8-21(14-22(17)26)29-16-20(13-23(29)30)25(32)28-11-9-19(10-12-28)24(31)27-15-18-5-3-2-4-6-18/h2-8,14,19-20H,9-13,15-16H2,1H3,(H,27,31)/t20-/m1/s1. The summed E-state index contributed by atoms with van der Waals surface area (Å²) in [5, 5.41) is 2.98. The number of carbonyl (C=O) groups excluding carboxylic acids is 3. The highest BCUT2D eigenvalue weighted by Gasteiger charge is 2.38. The van der Waals surface area contributed by atoms with Crippen LogP contribution in [0.15, 0.2) is 48.5 Å². The van der Waals surface area contributed by atoms with Crippen LogP contribution in [-0.2, 0) is 20.9 Å². The topological polar surface area (TPSA) is 69.7 Å². The first kappa shape index (κ1) is 22.0. The quantitative estimate of drug-likeness (QED) is 0.782. The zero-order chi connectivity index (χ0) is 22.7. The molecule has 0 bridgehead atoms. The summed E-state index contributed by atoms with van der Waals surface area (Å²) in [6.07, 6.45) is 1.35. The molecular weight excluding hydrogens is 409 g/mol. The minimum atomic E-state index is -0.435. The molecule has 4 rings (SSSR count). The second-order valence-electron chi connectivity index (χ2n) is 8.64. The SMILES string of the molecule is Cc1ccc(N2C[C@H](C(=O)N3CCC(C(=O)NCc4ccccc4)CC3)CC2=O)cc1F. The lowest BCUT2D eigenvalue weighted by atomic mass is 9.94. The second-order valence-corrected chi connectivity index (χ2v) is 8.64. The Kier molecular flexibility index (Phi) is 6.53. The molecule has 2 fully saturated rings. The van der Waals surface area contributed by atoms with E-state index in [1.54, 1.807) is 24.0 Å². The predicted octanol–water partition coefficient (Wildman–Crippen LogP) is 3.04. The van der Waals surface area contributed by atoms with Crippen LogP contribution in [0.4, 0.5) is 10.1 Å². The molecular formula is C25H28FN3O3. The summed E-state index contributed by atoms with van der Waals surface area (Å²) < 4.78 is 13.9. The summed E-state index contributed by atoms with van der Waals surface area (Å²) in [5.41, 5.74) is 2.06. The number of rotatable bonds is 5. The van der Waals surface area contributed by atoms with Crippen molar-refractivity contribution in [2.24, 2.45) is 11.8 Å². The molecule has 0 spiro atoms. The number of benzene rings is 2. The van der Waals surface area contributed by atoms with E-state index in [0.717, 1.165) is 5.56 Å². The average molecular weight is 438 g/mol. The maximum absolute atomic E-state index is 13.9. The second kappa shape index (κ2) is 9.51. The van der Waals surface area contributed by atoms with E-state index in [-0.39, 0.29) is 42.4 Å².